The van der Waals surface area contributed by atoms with Crippen LogP contribution in [0.4, 0.5) is 0 Å². The van der Waals surface area contributed by atoms with Crippen molar-refractivity contribution in [1.82, 2.24) is 20.3 Å². The topological polar surface area (TPSA) is 67.8 Å². The van der Waals surface area contributed by atoms with Crippen molar-refractivity contribution in [3.63, 3.8) is 0 Å². The van der Waals surface area contributed by atoms with Gasteiger partial charge in [-0.15, -0.1) is 11.3 Å². The Labute approximate surface area is 129 Å². The second-order valence-electron chi connectivity index (χ2n) is 4.36. The molecule has 0 unspecified atom stereocenters. The Morgan fingerprint density at radius 2 is 2.14 bits per heavy atom. The molecule has 7 heteroatoms. The number of thiazole rings is 1. The molecule has 0 aliphatic heterocycles. The maximum Gasteiger partial charge on any atom is 0.254 e. The molecule has 3 aromatic heterocycles. The first-order valence-corrected chi connectivity index (χ1v) is 8.11. The van der Waals surface area contributed by atoms with E-state index in [0.29, 0.717) is 5.56 Å². The average Bonchev–Trinajstić information content (AvgIpc) is 3.21. The van der Waals surface area contributed by atoms with E-state index in [1.54, 1.807) is 17.5 Å². The number of hydrogen-bond donors (Lipinski definition) is 1. The summed E-state index contributed by atoms with van der Waals surface area (Å²) in [6.07, 6.45) is 6.88. The molecule has 5 nitrogen and oxygen atoms in total. The number of carbonyl (C=O) groups excluding carboxylic acids is 1. The number of nitrogens with one attached hydrogen (secondary N) is 1. The molecule has 3 rings (SSSR count). The monoisotopic (exact) mass is 316 g/mol. The molecule has 0 aliphatic rings. The molecular formula is C14H12N4OS2. The quantitative estimate of drug-likeness (QED) is 0.786. The molecule has 3 heterocycles. The molecule has 3 aromatic rings. The van der Waals surface area contributed by atoms with E-state index in [0.717, 1.165) is 11.4 Å². The maximum atomic E-state index is 12.3. The first-order valence-electron chi connectivity index (χ1n) is 6.29. The van der Waals surface area contributed by atoms with Crippen LogP contribution in [-0.2, 0) is 6.42 Å². The molecule has 0 aromatic carbocycles. The molecule has 0 bridgehead atoms. The summed E-state index contributed by atoms with van der Waals surface area (Å²) >= 11 is 3.18. The first kappa shape index (κ1) is 13.8. The van der Waals surface area contributed by atoms with Crippen LogP contribution in [0.3, 0.4) is 0 Å². The highest BCUT2D eigenvalue weighted by Gasteiger charge is 2.19. The summed E-state index contributed by atoms with van der Waals surface area (Å²) in [5.74, 6) is -0.189. The molecule has 1 atom stereocenters. The van der Waals surface area contributed by atoms with E-state index in [1.807, 2.05) is 10.8 Å². The van der Waals surface area contributed by atoms with Crippen molar-refractivity contribution in [2.75, 3.05) is 0 Å². The minimum Gasteiger partial charge on any atom is -0.342 e. The van der Waals surface area contributed by atoms with Gasteiger partial charge in [0.1, 0.15) is 11.3 Å². The molecule has 1 amide bonds. The van der Waals surface area contributed by atoms with Crippen molar-refractivity contribution in [3.8, 4) is 0 Å². The van der Waals surface area contributed by atoms with Gasteiger partial charge in [0.25, 0.3) is 5.91 Å². The fourth-order valence-electron chi connectivity index (χ4n) is 1.91. The summed E-state index contributed by atoms with van der Waals surface area (Å²) in [5, 5.41) is 9.92. The summed E-state index contributed by atoms with van der Waals surface area (Å²) in [6.45, 7) is 0. The highest BCUT2D eigenvalue weighted by Crippen LogP contribution is 2.22. The molecule has 0 saturated heterocycles. The van der Waals surface area contributed by atoms with Crippen LogP contribution in [0.25, 0.3) is 0 Å². The van der Waals surface area contributed by atoms with Crippen LogP contribution in [0.1, 0.15) is 27.0 Å². The highest BCUT2D eigenvalue weighted by molar-refractivity contribution is 7.09. The van der Waals surface area contributed by atoms with Gasteiger partial charge >= 0.3 is 0 Å². The smallest absolute Gasteiger partial charge is 0.254 e. The van der Waals surface area contributed by atoms with Gasteiger partial charge in [0.2, 0.25) is 0 Å². The van der Waals surface area contributed by atoms with E-state index >= 15 is 0 Å². The second kappa shape index (κ2) is 6.55. The van der Waals surface area contributed by atoms with Gasteiger partial charge in [0, 0.05) is 30.4 Å². The van der Waals surface area contributed by atoms with Gasteiger partial charge in [0.15, 0.2) is 0 Å². The Morgan fingerprint density at radius 1 is 1.29 bits per heavy atom. The van der Waals surface area contributed by atoms with Gasteiger partial charge in [-0.1, -0.05) is 0 Å². The zero-order valence-electron chi connectivity index (χ0n) is 11.0. The fraction of sp³-hybridized carbons (Fsp3) is 0.143. The molecule has 1 N–H and O–H groups in total. The lowest BCUT2D eigenvalue weighted by atomic mass is 10.1. The third-order valence-corrected chi connectivity index (χ3v) is 4.52. The lowest BCUT2D eigenvalue weighted by molar-refractivity contribution is 0.0935. The Hall–Kier alpha value is -2.12. The zero-order valence-corrected chi connectivity index (χ0v) is 12.6. The fourth-order valence-corrected chi connectivity index (χ4v) is 3.28. The molecular weight excluding hydrogens is 304 g/mol. The third-order valence-electron chi connectivity index (χ3n) is 2.90. The number of rotatable bonds is 5. The Kier molecular flexibility index (Phi) is 4.32. The van der Waals surface area contributed by atoms with Gasteiger partial charge in [-0.2, -0.15) is 11.3 Å². The number of nitrogens with zero attached hydrogens (tertiary/aromatic N) is 3. The molecule has 0 radical (unpaired) electrons. The number of hydrogen-bond acceptors (Lipinski definition) is 6. The summed E-state index contributed by atoms with van der Waals surface area (Å²) in [4.78, 5) is 24.3. The molecule has 0 spiro atoms. The lowest BCUT2D eigenvalue weighted by Gasteiger charge is -2.15. The normalized spacial score (nSPS) is 12.0. The van der Waals surface area contributed by atoms with E-state index in [-0.39, 0.29) is 11.9 Å². The third kappa shape index (κ3) is 3.50. The Morgan fingerprint density at radius 3 is 2.81 bits per heavy atom. The lowest BCUT2D eigenvalue weighted by Crippen LogP contribution is -2.30. The van der Waals surface area contributed by atoms with Crippen LogP contribution in [0.15, 0.2) is 47.1 Å². The number of carbonyl (C=O) groups is 1. The van der Waals surface area contributed by atoms with E-state index in [2.05, 4.69) is 31.7 Å². The predicted molar refractivity (Wildman–Crippen MR) is 82.4 cm³/mol. The summed E-state index contributed by atoms with van der Waals surface area (Å²) < 4.78 is 0. The molecule has 0 saturated carbocycles. The summed E-state index contributed by atoms with van der Waals surface area (Å²) in [7, 11) is 0. The van der Waals surface area contributed by atoms with Crippen molar-refractivity contribution in [2.45, 2.75) is 12.5 Å². The van der Waals surface area contributed by atoms with Crippen LogP contribution < -0.4 is 5.32 Å². The second-order valence-corrected chi connectivity index (χ2v) is 6.07. The van der Waals surface area contributed by atoms with Crippen LogP contribution in [0.2, 0.25) is 0 Å². The van der Waals surface area contributed by atoms with Crippen LogP contribution in [0.5, 0.6) is 0 Å². The maximum absolute atomic E-state index is 12.3. The first-order chi connectivity index (χ1) is 10.3. The Balaban J connectivity index is 1.78. The van der Waals surface area contributed by atoms with Gasteiger partial charge in [-0.25, -0.2) is 15.0 Å². The average molecular weight is 316 g/mol. The molecule has 106 valence electrons. The zero-order chi connectivity index (χ0) is 14.5. The van der Waals surface area contributed by atoms with E-state index in [9.17, 15) is 4.79 Å². The number of aromatic nitrogens is 3. The number of amides is 1. The van der Waals surface area contributed by atoms with Crippen molar-refractivity contribution < 1.29 is 4.79 Å². The van der Waals surface area contributed by atoms with Gasteiger partial charge in [0.05, 0.1) is 11.6 Å². The van der Waals surface area contributed by atoms with E-state index in [1.165, 1.54) is 35.6 Å². The van der Waals surface area contributed by atoms with Gasteiger partial charge in [-0.05, 0) is 22.4 Å². The molecule has 0 aliphatic carbocycles. The van der Waals surface area contributed by atoms with Crippen molar-refractivity contribution in [3.05, 3.63) is 63.3 Å². The van der Waals surface area contributed by atoms with Gasteiger partial charge in [-0.3, -0.25) is 4.79 Å². The van der Waals surface area contributed by atoms with Crippen molar-refractivity contribution in [2.24, 2.45) is 0 Å². The minimum absolute atomic E-state index is 0.146. The van der Waals surface area contributed by atoms with E-state index in [4.69, 9.17) is 0 Å². The van der Waals surface area contributed by atoms with Crippen molar-refractivity contribution in [1.29, 1.82) is 0 Å². The summed E-state index contributed by atoms with van der Waals surface area (Å²) in [5.41, 5.74) is 1.63. The Bertz CT molecular complexity index is 683. The SMILES string of the molecule is O=C(N[C@@H](Cc1ccsc1)c1nccs1)c1cncnc1. The predicted octanol–water partition coefficient (Wildman–Crippen LogP) is 2.71. The van der Waals surface area contributed by atoms with E-state index < -0.39 is 0 Å². The largest absolute Gasteiger partial charge is 0.342 e. The molecule has 21 heavy (non-hydrogen) atoms. The summed E-state index contributed by atoms with van der Waals surface area (Å²) in [6, 6.07) is 1.91. The minimum atomic E-state index is -0.189. The van der Waals surface area contributed by atoms with Crippen LogP contribution >= 0.6 is 22.7 Å². The standard InChI is InChI=1S/C14H12N4OS2/c19-13(11-6-15-9-16-7-11)18-12(14-17-2-4-21-14)5-10-1-3-20-8-10/h1-4,6-9,12H,5H2,(H,18,19)/t12-/m0/s1. The molecule has 0 fully saturated rings. The van der Waals surface area contributed by atoms with Crippen LogP contribution in [0, 0.1) is 0 Å². The van der Waals surface area contributed by atoms with Crippen molar-refractivity contribution >= 4 is 28.6 Å². The van der Waals surface area contributed by atoms with Crippen LogP contribution in [-0.4, -0.2) is 20.9 Å². The number of thiophene rings is 1. The highest BCUT2D eigenvalue weighted by atomic mass is 32.1. The van der Waals surface area contributed by atoms with Gasteiger partial charge < -0.3 is 5.32 Å².